The molecule has 1 aliphatic carbocycles. The first kappa shape index (κ1) is 15.8. The first-order chi connectivity index (χ1) is 12.2. The number of aliphatic hydroxyl groups excluding tert-OH is 1. The van der Waals surface area contributed by atoms with E-state index < -0.39 is 6.10 Å². The average molecular weight is 335 g/mol. The van der Waals surface area contributed by atoms with Crippen LogP contribution in [-0.4, -0.2) is 26.9 Å². The van der Waals surface area contributed by atoms with Crippen LogP contribution in [0.15, 0.2) is 54.7 Å². The van der Waals surface area contributed by atoms with Crippen molar-refractivity contribution in [3.8, 4) is 0 Å². The van der Waals surface area contributed by atoms with Crippen LogP contribution in [0.3, 0.4) is 0 Å². The normalized spacial score (nSPS) is 15.2. The quantitative estimate of drug-likeness (QED) is 0.727. The Morgan fingerprint density at radius 2 is 1.96 bits per heavy atom. The van der Waals surface area contributed by atoms with Crippen molar-refractivity contribution >= 4 is 11.4 Å². The summed E-state index contributed by atoms with van der Waals surface area (Å²) >= 11 is 0. The second kappa shape index (κ2) is 6.69. The third kappa shape index (κ3) is 3.28. The lowest BCUT2D eigenvalue weighted by Gasteiger charge is -2.11. The Hall–Kier alpha value is -2.66. The molecule has 4 rings (SSSR count). The summed E-state index contributed by atoms with van der Waals surface area (Å²) < 4.78 is 2.02. The number of pyridine rings is 1. The van der Waals surface area contributed by atoms with E-state index >= 15 is 0 Å². The van der Waals surface area contributed by atoms with Crippen molar-refractivity contribution < 1.29 is 9.90 Å². The fourth-order valence-electron chi connectivity index (χ4n) is 3.11. The number of aromatic nitrogens is 2. The van der Waals surface area contributed by atoms with Gasteiger partial charge in [0.2, 0.25) is 0 Å². The molecule has 0 saturated heterocycles. The van der Waals surface area contributed by atoms with E-state index in [0.717, 1.165) is 29.7 Å². The Labute approximate surface area is 146 Å². The Balaban J connectivity index is 1.44. The molecule has 128 valence electrons. The van der Waals surface area contributed by atoms with E-state index in [1.54, 1.807) is 0 Å². The molecule has 1 saturated carbocycles. The van der Waals surface area contributed by atoms with Gasteiger partial charge in [-0.2, -0.15) is 0 Å². The highest BCUT2D eigenvalue weighted by atomic mass is 16.3. The number of imidazole rings is 1. The molecule has 5 heteroatoms. The van der Waals surface area contributed by atoms with Gasteiger partial charge >= 0.3 is 0 Å². The highest BCUT2D eigenvalue weighted by molar-refractivity contribution is 5.99. The standard InChI is InChI=1S/C20H21N3O2/c24-17(14-6-2-1-3-7-14)11-12-21-20(25)18-16-8-4-5-13-23(16)19(22-18)15-9-10-15/h1-8,13,15,17,24H,9-12H2,(H,21,25). The molecule has 1 atom stereocenters. The number of carbonyl (C=O) groups excluding carboxylic acids is 1. The number of carbonyl (C=O) groups is 1. The van der Waals surface area contributed by atoms with Crippen molar-refractivity contribution in [2.75, 3.05) is 6.54 Å². The van der Waals surface area contributed by atoms with Crippen LogP contribution < -0.4 is 5.32 Å². The van der Waals surface area contributed by atoms with Gasteiger partial charge in [-0.1, -0.05) is 36.4 Å². The number of aliphatic hydroxyl groups is 1. The first-order valence-corrected chi connectivity index (χ1v) is 8.72. The second-order valence-corrected chi connectivity index (χ2v) is 6.52. The minimum Gasteiger partial charge on any atom is -0.388 e. The van der Waals surface area contributed by atoms with E-state index in [2.05, 4.69) is 10.3 Å². The summed E-state index contributed by atoms with van der Waals surface area (Å²) in [7, 11) is 0. The van der Waals surface area contributed by atoms with Crippen molar-refractivity contribution in [2.45, 2.75) is 31.3 Å². The Kier molecular flexibility index (Phi) is 4.24. The summed E-state index contributed by atoms with van der Waals surface area (Å²) in [5.41, 5.74) is 2.17. The molecule has 2 aromatic heterocycles. The molecule has 0 spiro atoms. The molecule has 1 aromatic carbocycles. The maximum absolute atomic E-state index is 12.6. The van der Waals surface area contributed by atoms with Crippen LogP contribution in [-0.2, 0) is 0 Å². The average Bonchev–Trinajstić information content (AvgIpc) is 3.42. The molecule has 5 nitrogen and oxygen atoms in total. The highest BCUT2D eigenvalue weighted by Gasteiger charge is 2.30. The minimum absolute atomic E-state index is 0.184. The van der Waals surface area contributed by atoms with E-state index in [1.165, 1.54) is 0 Å². The van der Waals surface area contributed by atoms with Crippen molar-refractivity contribution in [3.05, 3.63) is 71.8 Å². The molecule has 1 unspecified atom stereocenters. The Bertz CT molecular complexity index is 884. The molecule has 0 radical (unpaired) electrons. The number of rotatable bonds is 6. The lowest BCUT2D eigenvalue weighted by Crippen LogP contribution is -2.26. The summed E-state index contributed by atoms with van der Waals surface area (Å²) in [6.45, 7) is 0.402. The van der Waals surface area contributed by atoms with Gasteiger partial charge in [0, 0.05) is 18.7 Å². The van der Waals surface area contributed by atoms with Crippen molar-refractivity contribution in [1.29, 1.82) is 0 Å². The highest BCUT2D eigenvalue weighted by Crippen LogP contribution is 2.39. The maximum Gasteiger partial charge on any atom is 0.272 e. The zero-order valence-corrected chi connectivity index (χ0v) is 13.9. The predicted octanol–water partition coefficient (Wildman–Crippen LogP) is 3.07. The van der Waals surface area contributed by atoms with Crippen molar-refractivity contribution in [1.82, 2.24) is 14.7 Å². The Morgan fingerprint density at radius 1 is 1.20 bits per heavy atom. The lowest BCUT2D eigenvalue weighted by atomic mass is 10.1. The van der Waals surface area contributed by atoms with Gasteiger partial charge in [0.1, 0.15) is 5.82 Å². The van der Waals surface area contributed by atoms with Gasteiger partial charge in [0.05, 0.1) is 11.6 Å². The number of hydrogen-bond donors (Lipinski definition) is 2. The second-order valence-electron chi connectivity index (χ2n) is 6.52. The summed E-state index contributed by atoms with van der Waals surface area (Å²) in [5.74, 6) is 1.26. The zero-order valence-electron chi connectivity index (χ0n) is 13.9. The van der Waals surface area contributed by atoms with Crippen LogP contribution in [0.25, 0.3) is 5.52 Å². The number of nitrogens with zero attached hydrogens (tertiary/aromatic N) is 2. The number of amides is 1. The molecular formula is C20H21N3O2. The van der Waals surface area contributed by atoms with Crippen molar-refractivity contribution in [2.24, 2.45) is 0 Å². The molecule has 1 aliphatic rings. The third-order valence-corrected chi connectivity index (χ3v) is 4.62. The summed E-state index contributed by atoms with van der Waals surface area (Å²) in [6.07, 6.45) is 4.13. The van der Waals surface area contributed by atoms with Gasteiger partial charge in [-0.25, -0.2) is 4.98 Å². The fraction of sp³-hybridized carbons (Fsp3) is 0.300. The summed E-state index contributed by atoms with van der Waals surface area (Å²) in [4.78, 5) is 17.2. The monoisotopic (exact) mass is 335 g/mol. The minimum atomic E-state index is -0.581. The molecule has 3 aromatic rings. The first-order valence-electron chi connectivity index (χ1n) is 8.72. The number of hydrogen-bond acceptors (Lipinski definition) is 3. The van der Waals surface area contributed by atoms with Gasteiger partial charge in [0.25, 0.3) is 5.91 Å². The third-order valence-electron chi connectivity index (χ3n) is 4.62. The molecular weight excluding hydrogens is 314 g/mol. The molecule has 0 aliphatic heterocycles. The fourth-order valence-corrected chi connectivity index (χ4v) is 3.11. The van der Waals surface area contributed by atoms with Crippen LogP contribution >= 0.6 is 0 Å². The summed E-state index contributed by atoms with van der Waals surface area (Å²) in [5, 5.41) is 13.1. The van der Waals surface area contributed by atoms with E-state index in [9.17, 15) is 9.90 Å². The van der Waals surface area contributed by atoms with Gasteiger partial charge in [0.15, 0.2) is 5.69 Å². The maximum atomic E-state index is 12.6. The molecule has 2 N–H and O–H groups in total. The zero-order chi connectivity index (χ0) is 17.2. The van der Waals surface area contributed by atoms with Crippen LogP contribution in [0.4, 0.5) is 0 Å². The number of nitrogens with one attached hydrogen (secondary N) is 1. The number of fused-ring (bicyclic) bond motifs is 1. The van der Waals surface area contributed by atoms with Crippen LogP contribution in [0.5, 0.6) is 0 Å². The molecule has 1 amide bonds. The van der Waals surface area contributed by atoms with E-state index in [0.29, 0.717) is 24.6 Å². The largest absolute Gasteiger partial charge is 0.388 e. The van der Waals surface area contributed by atoms with E-state index in [1.807, 2.05) is 59.1 Å². The smallest absolute Gasteiger partial charge is 0.272 e. The Morgan fingerprint density at radius 3 is 2.72 bits per heavy atom. The van der Waals surface area contributed by atoms with Gasteiger partial charge in [-0.05, 0) is 37.0 Å². The van der Waals surface area contributed by atoms with E-state index in [4.69, 9.17) is 0 Å². The lowest BCUT2D eigenvalue weighted by molar-refractivity contribution is 0.0939. The summed E-state index contributed by atoms with van der Waals surface area (Å²) in [6, 6.07) is 15.3. The number of benzene rings is 1. The van der Waals surface area contributed by atoms with Crippen LogP contribution in [0.2, 0.25) is 0 Å². The van der Waals surface area contributed by atoms with Crippen LogP contribution in [0, 0.1) is 0 Å². The molecule has 25 heavy (non-hydrogen) atoms. The predicted molar refractivity (Wildman–Crippen MR) is 95.5 cm³/mol. The van der Waals surface area contributed by atoms with Gasteiger partial charge < -0.3 is 14.8 Å². The van der Waals surface area contributed by atoms with Gasteiger partial charge in [-0.3, -0.25) is 4.79 Å². The van der Waals surface area contributed by atoms with Gasteiger partial charge in [-0.15, -0.1) is 0 Å². The molecule has 0 bridgehead atoms. The van der Waals surface area contributed by atoms with E-state index in [-0.39, 0.29) is 5.91 Å². The topological polar surface area (TPSA) is 66.6 Å². The van der Waals surface area contributed by atoms with Crippen LogP contribution in [0.1, 0.15) is 53.2 Å². The molecule has 1 fully saturated rings. The SMILES string of the molecule is O=C(NCCC(O)c1ccccc1)c1nc(C2CC2)n2ccccc12. The molecule has 2 heterocycles. The van der Waals surface area contributed by atoms with Crippen molar-refractivity contribution in [3.63, 3.8) is 0 Å².